The minimum absolute atomic E-state index is 0. The molecule has 6 heteroatoms. The summed E-state index contributed by atoms with van der Waals surface area (Å²) in [4.78, 5) is 11.8. The van der Waals surface area contributed by atoms with Gasteiger partial charge in [-0.05, 0) is 24.8 Å². The largest absolute Gasteiger partial charge is 0.346 e. The van der Waals surface area contributed by atoms with E-state index in [1.165, 1.54) is 12.8 Å². The van der Waals surface area contributed by atoms with E-state index in [9.17, 15) is 4.79 Å². The Kier molecular flexibility index (Phi) is 4.32. The van der Waals surface area contributed by atoms with Gasteiger partial charge in [0.05, 0.1) is 0 Å². The second-order valence-electron chi connectivity index (χ2n) is 3.99. The van der Waals surface area contributed by atoms with Crippen LogP contribution in [0.4, 0.5) is 0 Å². The number of nitrogens with two attached hydrogens (primary N) is 1. The number of rotatable bonds is 4. The van der Waals surface area contributed by atoms with Crippen molar-refractivity contribution in [3.8, 4) is 0 Å². The van der Waals surface area contributed by atoms with E-state index in [0.717, 1.165) is 0 Å². The number of hydrogen-bond acceptors (Lipinski definition) is 3. The lowest BCUT2D eigenvalue weighted by Gasteiger charge is -2.15. The Morgan fingerprint density at radius 1 is 1.75 bits per heavy atom. The molecule has 3 N–H and O–H groups in total. The predicted octanol–water partition coefficient (Wildman–Crippen LogP) is 0.309. The lowest BCUT2D eigenvalue weighted by Crippen LogP contribution is -2.42. The SMILES string of the molecule is Cl.Cn1nccc1C(=O)NC(CN)C1CC1. The van der Waals surface area contributed by atoms with Gasteiger partial charge < -0.3 is 11.1 Å². The van der Waals surface area contributed by atoms with Gasteiger partial charge in [-0.25, -0.2) is 0 Å². The third-order valence-electron chi connectivity index (χ3n) is 2.82. The molecule has 0 spiro atoms. The van der Waals surface area contributed by atoms with Gasteiger partial charge in [0.1, 0.15) is 5.69 Å². The molecule has 1 aliphatic rings. The van der Waals surface area contributed by atoms with Crippen LogP contribution < -0.4 is 11.1 Å². The first kappa shape index (κ1) is 13.0. The highest BCUT2D eigenvalue weighted by atomic mass is 35.5. The van der Waals surface area contributed by atoms with Crippen LogP contribution in [0.5, 0.6) is 0 Å². The number of amides is 1. The van der Waals surface area contributed by atoms with Crippen molar-refractivity contribution in [2.24, 2.45) is 18.7 Å². The van der Waals surface area contributed by atoms with Crippen LogP contribution in [0, 0.1) is 5.92 Å². The number of carbonyl (C=O) groups excluding carboxylic acids is 1. The normalized spacial score (nSPS) is 16.4. The smallest absolute Gasteiger partial charge is 0.269 e. The van der Waals surface area contributed by atoms with Gasteiger partial charge in [-0.2, -0.15) is 5.10 Å². The molecule has 0 aromatic carbocycles. The summed E-state index contributed by atoms with van der Waals surface area (Å²) in [5.74, 6) is 0.490. The van der Waals surface area contributed by atoms with Crippen molar-refractivity contribution in [2.75, 3.05) is 6.54 Å². The molecule has 90 valence electrons. The molecule has 5 nitrogen and oxygen atoms in total. The number of nitrogens with zero attached hydrogens (tertiary/aromatic N) is 2. The van der Waals surface area contributed by atoms with Crippen LogP contribution in [0.3, 0.4) is 0 Å². The maximum absolute atomic E-state index is 11.8. The van der Waals surface area contributed by atoms with Gasteiger partial charge in [0.25, 0.3) is 5.91 Å². The van der Waals surface area contributed by atoms with Crippen molar-refractivity contribution < 1.29 is 4.79 Å². The van der Waals surface area contributed by atoms with Crippen LogP contribution in [-0.2, 0) is 7.05 Å². The fourth-order valence-electron chi connectivity index (χ4n) is 1.71. The molecule has 16 heavy (non-hydrogen) atoms. The Bertz CT molecular complexity index is 361. The number of nitrogens with one attached hydrogen (secondary N) is 1. The first-order valence-corrected chi connectivity index (χ1v) is 5.21. The molecule has 0 saturated heterocycles. The molecule has 1 aromatic heterocycles. The third kappa shape index (κ3) is 2.74. The highest BCUT2D eigenvalue weighted by Crippen LogP contribution is 2.32. The molecule has 1 atom stereocenters. The van der Waals surface area contributed by atoms with E-state index in [1.807, 2.05) is 0 Å². The molecule has 1 aliphatic carbocycles. The lowest BCUT2D eigenvalue weighted by molar-refractivity contribution is 0.0924. The minimum Gasteiger partial charge on any atom is -0.346 e. The van der Waals surface area contributed by atoms with Crippen LogP contribution in [0.1, 0.15) is 23.3 Å². The Labute approximate surface area is 101 Å². The zero-order valence-electron chi connectivity index (χ0n) is 9.22. The first-order chi connectivity index (χ1) is 7.22. The zero-order valence-corrected chi connectivity index (χ0v) is 10.0. The van der Waals surface area contributed by atoms with Gasteiger partial charge >= 0.3 is 0 Å². The van der Waals surface area contributed by atoms with Crippen LogP contribution >= 0.6 is 12.4 Å². The second kappa shape index (κ2) is 5.32. The minimum atomic E-state index is -0.0858. The highest BCUT2D eigenvalue weighted by Gasteiger charge is 2.31. The summed E-state index contributed by atoms with van der Waals surface area (Å²) in [6.45, 7) is 0.508. The molecule has 0 radical (unpaired) electrons. The Balaban J connectivity index is 0.00000128. The molecule has 1 heterocycles. The van der Waals surface area contributed by atoms with Gasteiger partial charge in [-0.15, -0.1) is 12.4 Å². The predicted molar refractivity (Wildman–Crippen MR) is 63.5 cm³/mol. The second-order valence-corrected chi connectivity index (χ2v) is 3.99. The fraction of sp³-hybridized carbons (Fsp3) is 0.600. The molecule has 1 amide bonds. The molecule has 2 rings (SSSR count). The number of carbonyl (C=O) groups is 1. The first-order valence-electron chi connectivity index (χ1n) is 5.21. The van der Waals surface area contributed by atoms with Gasteiger partial charge in [0, 0.05) is 25.8 Å². The summed E-state index contributed by atoms with van der Waals surface area (Å²) in [7, 11) is 1.75. The molecule has 0 bridgehead atoms. The number of hydrogen-bond donors (Lipinski definition) is 2. The molecular weight excluding hydrogens is 228 g/mol. The van der Waals surface area contributed by atoms with Crippen molar-refractivity contribution in [1.29, 1.82) is 0 Å². The molecule has 0 aliphatic heterocycles. The van der Waals surface area contributed by atoms with Crippen LogP contribution in [0.25, 0.3) is 0 Å². The van der Waals surface area contributed by atoms with Crippen molar-refractivity contribution in [3.63, 3.8) is 0 Å². The monoisotopic (exact) mass is 244 g/mol. The van der Waals surface area contributed by atoms with Crippen molar-refractivity contribution in [1.82, 2.24) is 15.1 Å². The van der Waals surface area contributed by atoms with E-state index in [-0.39, 0.29) is 24.4 Å². The Hall–Kier alpha value is -1.07. The van der Waals surface area contributed by atoms with E-state index < -0.39 is 0 Å². The van der Waals surface area contributed by atoms with Crippen molar-refractivity contribution >= 4 is 18.3 Å². The average molecular weight is 245 g/mol. The fourth-order valence-corrected chi connectivity index (χ4v) is 1.71. The summed E-state index contributed by atoms with van der Waals surface area (Å²) in [5, 5.41) is 6.90. The molecule has 1 saturated carbocycles. The number of halogens is 1. The third-order valence-corrected chi connectivity index (χ3v) is 2.82. The summed E-state index contributed by atoms with van der Waals surface area (Å²) in [5.41, 5.74) is 6.19. The zero-order chi connectivity index (χ0) is 10.8. The van der Waals surface area contributed by atoms with E-state index in [1.54, 1.807) is 24.0 Å². The van der Waals surface area contributed by atoms with Gasteiger partial charge in [-0.1, -0.05) is 0 Å². The van der Waals surface area contributed by atoms with Crippen molar-refractivity contribution in [2.45, 2.75) is 18.9 Å². The van der Waals surface area contributed by atoms with Crippen LogP contribution in [-0.4, -0.2) is 28.3 Å². The molecule has 1 unspecified atom stereocenters. The molecular formula is C10H17ClN4O. The van der Waals surface area contributed by atoms with E-state index >= 15 is 0 Å². The maximum atomic E-state index is 11.8. The van der Waals surface area contributed by atoms with Crippen LogP contribution in [0.15, 0.2) is 12.3 Å². The Morgan fingerprint density at radius 3 is 2.88 bits per heavy atom. The quantitative estimate of drug-likeness (QED) is 0.801. The van der Waals surface area contributed by atoms with Crippen molar-refractivity contribution in [3.05, 3.63) is 18.0 Å². The van der Waals surface area contributed by atoms with Gasteiger partial charge in [0.2, 0.25) is 0 Å². The van der Waals surface area contributed by atoms with Gasteiger partial charge in [0.15, 0.2) is 0 Å². The number of aromatic nitrogens is 2. The summed E-state index contributed by atoms with van der Waals surface area (Å²) < 4.78 is 1.57. The molecule has 1 fully saturated rings. The van der Waals surface area contributed by atoms with Crippen LogP contribution in [0.2, 0.25) is 0 Å². The average Bonchev–Trinajstić information content (AvgIpc) is 2.97. The molecule has 1 aromatic rings. The summed E-state index contributed by atoms with van der Waals surface area (Å²) in [6.07, 6.45) is 3.96. The standard InChI is InChI=1S/C10H16N4O.ClH/c1-14-9(4-5-12-14)10(15)13-8(6-11)7-2-3-7;/h4-5,7-8H,2-3,6,11H2,1H3,(H,13,15);1H. The maximum Gasteiger partial charge on any atom is 0.269 e. The topological polar surface area (TPSA) is 72.9 Å². The Morgan fingerprint density at radius 2 is 2.44 bits per heavy atom. The van der Waals surface area contributed by atoms with E-state index in [2.05, 4.69) is 10.4 Å². The van der Waals surface area contributed by atoms with E-state index in [4.69, 9.17) is 5.73 Å². The van der Waals surface area contributed by atoms with E-state index in [0.29, 0.717) is 18.2 Å². The summed E-state index contributed by atoms with van der Waals surface area (Å²) in [6, 6.07) is 1.82. The highest BCUT2D eigenvalue weighted by molar-refractivity contribution is 5.92. The van der Waals surface area contributed by atoms with Gasteiger partial charge in [-0.3, -0.25) is 9.48 Å². The lowest BCUT2D eigenvalue weighted by atomic mass is 10.2. The number of aryl methyl sites for hydroxylation is 1. The summed E-state index contributed by atoms with van der Waals surface area (Å²) >= 11 is 0.